The zero-order valence-electron chi connectivity index (χ0n) is 17.4. The van der Waals surface area contributed by atoms with Crippen molar-refractivity contribution in [2.75, 3.05) is 32.6 Å². The number of thioether (sulfide) groups is 1. The Morgan fingerprint density at radius 3 is 2.43 bits per heavy atom. The molecule has 158 valence electrons. The summed E-state index contributed by atoms with van der Waals surface area (Å²) < 4.78 is 8.26. The third kappa shape index (κ3) is 2.97. The molecule has 7 nitrogen and oxygen atoms in total. The Balaban J connectivity index is 1.98. The van der Waals surface area contributed by atoms with Gasteiger partial charge in [0, 0.05) is 38.1 Å². The van der Waals surface area contributed by atoms with Crippen molar-refractivity contribution in [3.05, 3.63) is 37.7 Å². The van der Waals surface area contributed by atoms with Gasteiger partial charge in [0.2, 0.25) is 0 Å². The van der Waals surface area contributed by atoms with Gasteiger partial charge in [0.15, 0.2) is 5.11 Å². The summed E-state index contributed by atoms with van der Waals surface area (Å²) in [6, 6.07) is 5.87. The maximum absolute atomic E-state index is 13.3. The molecule has 1 aromatic carbocycles. The minimum absolute atomic E-state index is 0.0961. The van der Waals surface area contributed by atoms with Crippen LogP contribution in [0.5, 0.6) is 5.75 Å². The molecule has 1 saturated heterocycles. The number of nitrogens with zero attached hydrogens (tertiary/aromatic N) is 4. The SMILES string of the molecule is CCN1C(=O)/C(=c2\s/c(=C3/Sc4ccc(OC)cc4N3C)c(=O)n2CC)N(C)C1=S. The summed E-state index contributed by atoms with van der Waals surface area (Å²) in [4.78, 5) is 32.7. The average molecular weight is 463 g/mol. The molecule has 30 heavy (non-hydrogen) atoms. The highest BCUT2D eigenvalue weighted by molar-refractivity contribution is 8.08. The molecular weight excluding hydrogens is 440 g/mol. The third-order valence-electron chi connectivity index (χ3n) is 5.25. The molecule has 1 fully saturated rings. The molecule has 4 rings (SSSR count). The van der Waals surface area contributed by atoms with Crippen molar-refractivity contribution in [2.24, 2.45) is 0 Å². The summed E-state index contributed by atoms with van der Waals surface area (Å²) in [5.41, 5.74) is 1.36. The lowest BCUT2D eigenvalue weighted by Gasteiger charge is -2.13. The molecule has 0 aliphatic carbocycles. The van der Waals surface area contributed by atoms with E-state index >= 15 is 0 Å². The second-order valence-electron chi connectivity index (χ2n) is 6.83. The van der Waals surface area contributed by atoms with Crippen molar-refractivity contribution in [3.63, 3.8) is 0 Å². The first-order chi connectivity index (χ1) is 14.3. The van der Waals surface area contributed by atoms with Gasteiger partial charge in [-0.25, -0.2) is 0 Å². The Morgan fingerprint density at radius 2 is 1.83 bits per heavy atom. The largest absolute Gasteiger partial charge is 0.497 e. The number of aromatic nitrogens is 1. The highest BCUT2D eigenvalue weighted by atomic mass is 32.2. The molecule has 0 radical (unpaired) electrons. The van der Waals surface area contributed by atoms with E-state index in [4.69, 9.17) is 17.0 Å². The van der Waals surface area contributed by atoms with Gasteiger partial charge < -0.3 is 14.5 Å². The maximum atomic E-state index is 13.3. The van der Waals surface area contributed by atoms with E-state index in [-0.39, 0.29) is 11.5 Å². The molecular formula is C20H22N4O3S3. The highest BCUT2D eigenvalue weighted by Crippen LogP contribution is 2.46. The number of likely N-dealkylation sites (N-methyl/N-ethyl adjacent to an activating group) is 2. The Morgan fingerprint density at radius 1 is 1.10 bits per heavy atom. The van der Waals surface area contributed by atoms with Crippen LogP contribution in [0.15, 0.2) is 27.9 Å². The number of anilines is 1. The van der Waals surface area contributed by atoms with Crippen LogP contribution >= 0.6 is 35.3 Å². The van der Waals surface area contributed by atoms with E-state index in [1.165, 1.54) is 11.3 Å². The standard InChI is InChI=1S/C20H22N4O3S3/c1-6-23-17(26)15(19-21(3)12-10-11(27-5)8-9-13(12)29-19)30-18(23)14-16(25)24(7-2)20(28)22(14)4/h8-10H,6-7H2,1-5H3/b18-14+,19-15+. The number of methoxy groups -OCH3 is 1. The molecule has 0 spiro atoms. The fourth-order valence-electron chi connectivity index (χ4n) is 3.61. The van der Waals surface area contributed by atoms with Crippen molar-refractivity contribution >= 4 is 62.7 Å². The van der Waals surface area contributed by atoms with E-state index in [1.54, 1.807) is 40.3 Å². The van der Waals surface area contributed by atoms with Gasteiger partial charge in [0.05, 0.1) is 12.8 Å². The fraction of sp³-hybridized carbons (Fsp3) is 0.350. The van der Waals surface area contributed by atoms with E-state index < -0.39 is 0 Å². The van der Waals surface area contributed by atoms with Crippen LogP contribution < -0.4 is 24.4 Å². The Kier molecular flexibility index (Phi) is 5.41. The van der Waals surface area contributed by atoms with Gasteiger partial charge in [-0.3, -0.25) is 19.1 Å². The molecule has 0 atom stereocenters. The van der Waals surface area contributed by atoms with Crippen molar-refractivity contribution in [3.8, 4) is 5.75 Å². The van der Waals surface area contributed by atoms with E-state index in [0.717, 1.165) is 21.4 Å². The van der Waals surface area contributed by atoms with E-state index in [9.17, 15) is 9.59 Å². The van der Waals surface area contributed by atoms with Crippen LogP contribution in [-0.4, -0.2) is 53.1 Å². The Hall–Kier alpha value is -2.30. The van der Waals surface area contributed by atoms with Gasteiger partial charge in [-0.2, -0.15) is 0 Å². The lowest BCUT2D eigenvalue weighted by atomic mass is 10.3. The Bertz CT molecular complexity index is 1250. The van der Waals surface area contributed by atoms with Gasteiger partial charge in [0.25, 0.3) is 11.5 Å². The van der Waals surface area contributed by atoms with Crippen LogP contribution in [0.4, 0.5) is 5.69 Å². The third-order valence-corrected chi connectivity index (χ3v) is 8.29. The number of hydrogen-bond acceptors (Lipinski definition) is 7. The molecule has 0 unspecified atom stereocenters. The van der Waals surface area contributed by atoms with Crippen molar-refractivity contribution in [1.82, 2.24) is 14.4 Å². The molecule has 2 aliphatic heterocycles. The van der Waals surface area contributed by atoms with Gasteiger partial charge in [-0.1, -0.05) is 11.8 Å². The van der Waals surface area contributed by atoms with Gasteiger partial charge in [-0.05, 0) is 38.2 Å². The molecule has 1 amide bonds. The van der Waals surface area contributed by atoms with Crippen LogP contribution in [0, 0.1) is 0 Å². The molecule has 0 bridgehead atoms. The number of hydrogen-bond donors (Lipinski definition) is 0. The number of amides is 1. The zero-order chi connectivity index (χ0) is 21.7. The van der Waals surface area contributed by atoms with Crippen LogP contribution in [0.3, 0.4) is 0 Å². The lowest BCUT2D eigenvalue weighted by Crippen LogP contribution is -2.35. The van der Waals surface area contributed by atoms with E-state index in [1.807, 2.05) is 44.0 Å². The first-order valence-corrected chi connectivity index (χ1v) is 11.6. The van der Waals surface area contributed by atoms with Crippen LogP contribution in [0.25, 0.3) is 10.7 Å². The molecule has 3 heterocycles. The normalized spacial score (nSPS) is 19.8. The predicted octanol–water partition coefficient (Wildman–Crippen LogP) is 1.43. The smallest absolute Gasteiger partial charge is 0.279 e. The second-order valence-corrected chi connectivity index (χ2v) is 9.22. The number of thiocarbonyl (C=S) groups is 1. The summed E-state index contributed by atoms with van der Waals surface area (Å²) in [5, 5.41) is 1.31. The maximum Gasteiger partial charge on any atom is 0.279 e. The second kappa shape index (κ2) is 7.75. The summed E-state index contributed by atoms with van der Waals surface area (Å²) in [6.07, 6.45) is 0. The van der Waals surface area contributed by atoms with Crippen LogP contribution in [-0.2, 0) is 11.3 Å². The number of carbonyl (C=O) groups excluding carboxylic acids is 1. The topological polar surface area (TPSA) is 58.0 Å². The molecule has 1 aromatic heterocycles. The fourth-order valence-corrected chi connectivity index (χ4v) is 6.48. The monoisotopic (exact) mass is 462 g/mol. The van der Waals surface area contributed by atoms with Gasteiger partial charge in [-0.15, -0.1) is 11.3 Å². The van der Waals surface area contributed by atoms with Crippen LogP contribution in [0.2, 0.25) is 0 Å². The summed E-state index contributed by atoms with van der Waals surface area (Å²) >= 11 is 8.33. The number of benzene rings is 1. The van der Waals surface area contributed by atoms with E-state index in [0.29, 0.717) is 33.1 Å². The highest BCUT2D eigenvalue weighted by Gasteiger charge is 2.37. The summed E-state index contributed by atoms with van der Waals surface area (Å²) in [5.74, 6) is 0.604. The number of carbonyl (C=O) groups is 1. The number of fused-ring (bicyclic) bond motifs is 1. The minimum atomic E-state index is -0.162. The molecule has 10 heteroatoms. The summed E-state index contributed by atoms with van der Waals surface area (Å²) in [7, 11) is 5.35. The number of rotatable bonds is 3. The Labute approximate surface area is 187 Å². The first-order valence-electron chi connectivity index (χ1n) is 9.51. The van der Waals surface area contributed by atoms with Crippen molar-refractivity contribution in [2.45, 2.75) is 25.3 Å². The predicted molar refractivity (Wildman–Crippen MR) is 125 cm³/mol. The number of ether oxygens (including phenoxy) is 1. The zero-order valence-corrected chi connectivity index (χ0v) is 19.8. The van der Waals surface area contributed by atoms with Crippen molar-refractivity contribution in [1.29, 1.82) is 0 Å². The van der Waals surface area contributed by atoms with Gasteiger partial charge >= 0.3 is 0 Å². The molecule has 0 N–H and O–H groups in total. The van der Waals surface area contributed by atoms with Gasteiger partial charge in [0.1, 0.15) is 25.7 Å². The minimum Gasteiger partial charge on any atom is -0.497 e. The molecule has 2 aliphatic rings. The van der Waals surface area contributed by atoms with Crippen molar-refractivity contribution < 1.29 is 9.53 Å². The quantitative estimate of drug-likeness (QED) is 0.640. The summed E-state index contributed by atoms with van der Waals surface area (Å²) in [6.45, 7) is 4.76. The van der Waals surface area contributed by atoms with Crippen LogP contribution in [0.1, 0.15) is 13.8 Å². The first kappa shape index (κ1) is 21.0. The number of thiazole rings is 1. The lowest BCUT2D eigenvalue weighted by molar-refractivity contribution is -0.120. The molecule has 2 aromatic rings. The van der Waals surface area contributed by atoms with E-state index in [2.05, 4.69) is 0 Å². The molecule has 0 saturated carbocycles. The average Bonchev–Trinajstić information content (AvgIpc) is 3.31.